The summed E-state index contributed by atoms with van der Waals surface area (Å²) in [7, 11) is 3.61. The monoisotopic (exact) mass is 254 g/mol. The molecule has 2 aromatic rings. The van der Waals surface area contributed by atoms with E-state index in [1.807, 2.05) is 13.2 Å². The molecule has 0 amide bonds. The molecule has 0 saturated carbocycles. The van der Waals surface area contributed by atoms with Crippen LogP contribution in [0.5, 0.6) is 0 Å². The lowest BCUT2D eigenvalue weighted by Crippen LogP contribution is -2.18. The van der Waals surface area contributed by atoms with E-state index in [-0.39, 0.29) is 5.82 Å². The average molecular weight is 255 g/mol. The van der Waals surface area contributed by atoms with Crippen molar-refractivity contribution < 1.29 is 4.39 Å². The molecule has 17 heavy (non-hydrogen) atoms. The van der Waals surface area contributed by atoms with Crippen molar-refractivity contribution in [3.63, 3.8) is 0 Å². The van der Waals surface area contributed by atoms with Gasteiger partial charge in [-0.25, -0.2) is 9.37 Å². The maximum atomic E-state index is 13.6. The summed E-state index contributed by atoms with van der Waals surface area (Å²) in [6.45, 7) is 0.541. The van der Waals surface area contributed by atoms with Gasteiger partial charge in [0.15, 0.2) is 11.6 Å². The highest BCUT2D eigenvalue weighted by atomic mass is 35.5. The average Bonchev–Trinajstić information content (AvgIpc) is 2.63. The lowest BCUT2D eigenvalue weighted by atomic mass is 10.3. The third kappa shape index (κ3) is 2.74. The predicted octanol–water partition coefficient (Wildman–Crippen LogP) is 2.24. The fourth-order valence-corrected chi connectivity index (χ4v) is 1.74. The molecule has 2 aromatic heterocycles. The van der Waals surface area contributed by atoms with Crippen molar-refractivity contribution >= 4 is 17.4 Å². The molecule has 6 heteroatoms. The molecule has 0 bridgehead atoms. The number of pyridine rings is 1. The number of nitrogens with zero attached hydrogens (tertiary/aromatic N) is 4. The predicted molar refractivity (Wildman–Crippen MR) is 64.5 cm³/mol. The molecule has 0 aliphatic heterocycles. The normalized spacial score (nSPS) is 10.6. The quantitative estimate of drug-likeness (QED) is 0.843. The van der Waals surface area contributed by atoms with Gasteiger partial charge >= 0.3 is 0 Å². The Bertz CT molecular complexity index is 526. The van der Waals surface area contributed by atoms with Crippen LogP contribution in [0.4, 0.5) is 10.2 Å². The summed E-state index contributed by atoms with van der Waals surface area (Å²) in [6.07, 6.45) is 5.05. The summed E-state index contributed by atoms with van der Waals surface area (Å²) in [6, 6.07) is 1.25. The minimum Gasteiger partial charge on any atom is -0.353 e. The topological polar surface area (TPSA) is 34.0 Å². The molecule has 0 fully saturated rings. The Morgan fingerprint density at radius 2 is 2.24 bits per heavy atom. The molecule has 2 rings (SSSR count). The van der Waals surface area contributed by atoms with Crippen LogP contribution < -0.4 is 4.90 Å². The van der Waals surface area contributed by atoms with Gasteiger partial charge in [-0.1, -0.05) is 11.6 Å². The van der Waals surface area contributed by atoms with E-state index in [9.17, 15) is 4.39 Å². The first-order valence-corrected chi connectivity index (χ1v) is 5.44. The molecule has 90 valence electrons. The van der Waals surface area contributed by atoms with Crippen molar-refractivity contribution in [3.05, 3.63) is 41.1 Å². The summed E-state index contributed by atoms with van der Waals surface area (Å²) in [5.74, 6) is -0.151. The first-order chi connectivity index (χ1) is 8.06. The second-order valence-electron chi connectivity index (χ2n) is 3.84. The van der Waals surface area contributed by atoms with Crippen molar-refractivity contribution in [3.8, 4) is 0 Å². The standard InChI is InChI=1S/C11H12ClFN4/c1-16(6-8-4-15-17(2)7-8)11-10(13)3-9(12)5-14-11/h3-5,7H,6H2,1-2H3. The number of aryl methyl sites for hydroxylation is 1. The van der Waals surface area contributed by atoms with Crippen LogP contribution in [0.2, 0.25) is 5.02 Å². The van der Waals surface area contributed by atoms with Crippen LogP contribution >= 0.6 is 11.6 Å². The van der Waals surface area contributed by atoms with Crippen LogP contribution in [0, 0.1) is 5.82 Å². The first-order valence-electron chi connectivity index (χ1n) is 5.06. The number of anilines is 1. The first kappa shape index (κ1) is 11.9. The molecule has 0 spiro atoms. The van der Waals surface area contributed by atoms with Gasteiger partial charge in [-0.05, 0) is 6.07 Å². The van der Waals surface area contributed by atoms with Gasteiger partial charge < -0.3 is 4.90 Å². The summed E-state index contributed by atoms with van der Waals surface area (Å²) in [5, 5.41) is 4.35. The highest BCUT2D eigenvalue weighted by Crippen LogP contribution is 2.19. The van der Waals surface area contributed by atoms with Crippen molar-refractivity contribution in [2.45, 2.75) is 6.54 Å². The van der Waals surface area contributed by atoms with Gasteiger partial charge in [0.05, 0.1) is 11.2 Å². The van der Waals surface area contributed by atoms with Gasteiger partial charge in [-0.2, -0.15) is 5.10 Å². The minimum atomic E-state index is -0.427. The van der Waals surface area contributed by atoms with Gasteiger partial charge in [0.1, 0.15) is 0 Å². The summed E-state index contributed by atoms with van der Waals surface area (Å²) >= 11 is 5.65. The Morgan fingerprint density at radius 3 is 2.82 bits per heavy atom. The SMILES string of the molecule is CN(Cc1cnn(C)c1)c1ncc(Cl)cc1F. The maximum absolute atomic E-state index is 13.6. The van der Waals surface area contributed by atoms with Gasteiger partial charge in [-0.3, -0.25) is 4.68 Å². The number of aromatic nitrogens is 3. The second-order valence-corrected chi connectivity index (χ2v) is 4.27. The third-order valence-corrected chi connectivity index (χ3v) is 2.53. The number of hydrogen-bond acceptors (Lipinski definition) is 3. The van der Waals surface area contributed by atoms with Crippen LogP contribution in [0.25, 0.3) is 0 Å². The summed E-state index contributed by atoms with van der Waals surface area (Å²) in [4.78, 5) is 5.68. The number of rotatable bonds is 3. The minimum absolute atomic E-state index is 0.276. The summed E-state index contributed by atoms with van der Waals surface area (Å²) < 4.78 is 15.3. The Morgan fingerprint density at radius 1 is 1.47 bits per heavy atom. The molecule has 4 nitrogen and oxygen atoms in total. The lowest BCUT2D eigenvalue weighted by molar-refractivity contribution is 0.615. The smallest absolute Gasteiger partial charge is 0.167 e. The van der Waals surface area contributed by atoms with E-state index in [1.165, 1.54) is 12.3 Å². The number of hydrogen-bond donors (Lipinski definition) is 0. The van der Waals surface area contributed by atoms with Gasteiger partial charge in [0.2, 0.25) is 0 Å². The molecule has 0 aliphatic rings. The molecule has 0 radical (unpaired) electrons. The fourth-order valence-electron chi connectivity index (χ4n) is 1.59. The van der Waals surface area contributed by atoms with Crippen molar-refractivity contribution in [1.29, 1.82) is 0 Å². The van der Waals surface area contributed by atoms with Crippen molar-refractivity contribution in [1.82, 2.24) is 14.8 Å². The highest BCUT2D eigenvalue weighted by molar-refractivity contribution is 6.30. The Labute approximate surface area is 104 Å². The molecule has 2 heterocycles. The van der Waals surface area contributed by atoms with E-state index in [0.29, 0.717) is 11.6 Å². The van der Waals surface area contributed by atoms with Gasteiger partial charge in [-0.15, -0.1) is 0 Å². The van der Waals surface area contributed by atoms with E-state index < -0.39 is 5.82 Å². The van der Waals surface area contributed by atoms with Crippen LogP contribution in [0.15, 0.2) is 24.7 Å². The number of halogens is 2. The molecule has 0 aromatic carbocycles. The van der Waals surface area contributed by atoms with Crippen LogP contribution in [0.1, 0.15) is 5.56 Å². The van der Waals surface area contributed by atoms with Crippen LogP contribution in [0.3, 0.4) is 0 Å². The summed E-state index contributed by atoms with van der Waals surface area (Å²) in [5.41, 5.74) is 0.992. The zero-order chi connectivity index (χ0) is 12.4. The maximum Gasteiger partial charge on any atom is 0.167 e. The Kier molecular flexibility index (Phi) is 3.28. The lowest BCUT2D eigenvalue weighted by Gasteiger charge is -2.17. The molecule has 0 atom stereocenters. The molecular weight excluding hydrogens is 243 g/mol. The van der Waals surface area contributed by atoms with E-state index in [2.05, 4.69) is 10.1 Å². The zero-order valence-electron chi connectivity index (χ0n) is 9.56. The van der Waals surface area contributed by atoms with Crippen LogP contribution in [-0.2, 0) is 13.6 Å². The zero-order valence-corrected chi connectivity index (χ0v) is 10.3. The molecule has 0 aliphatic carbocycles. The van der Waals surface area contributed by atoms with Gasteiger partial charge in [0, 0.05) is 38.6 Å². The largest absolute Gasteiger partial charge is 0.353 e. The Hall–Kier alpha value is -1.62. The van der Waals surface area contributed by atoms with Crippen molar-refractivity contribution in [2.24, 2.45) is 7.05 Å². The second kappa shape index (κ2) is 4.71. The van der Waals surface area contributed by atoms with Gasteiger partial charge in [0.25, 0.3) is 0 Å². The highest BCUT2D eigenvalue weighted by Gasteiger charge is 2.10. The van der Waals surface area contributed by atoms with E-state index in [4.69, 9.17) is 11.6 Å². The van der Waals surface area contributed by atoms with E-state index in [0.717, 1.165) is 5.56 Å². The Balaban J connectivity index is 2.17. The molecule has 0 unspecified atom stereocenters. The fraction of sp³-hybridized carbons (Fsp3) is 0.273. The van der Waals surface area contributed by atoms with E-state index in [1.54, 1.807) is 22.8 Å². The molecule has 0 N–H and O–H groups in total. The van der Waals surface area contributed by atoms with E-state index >= 15 is 0 Å². The third-order valence-electron chi connectivity index (χ3n) is 2.33. The van der Waals surface area contributed by atoms with Crippen molar-refractivity contribution in [2.75, 3.05) is 11.9 Å². The molecular formula is C11H12ClFN4. The van der Waals surface area contributed by atoms with Crippen LogP contribution in [-0.4, -0.2) is 21.8 Å². The molecule has 0 saturated heterocycles.